The van der Waals surface area contributed by atoms with E-state index in [-0.39, 0.29) is 38.6 Å². The Kier molecular flexibility index (Phi) is 13.9. The molecular formula is C47H48N2O8. The zero-order valence-corrected chi connectivity index (χ0v) is 31.9. The van der Waals surface area contributed by atoms with Crippen LogP contribution in [0, 0.1) is 0 Å². The number of para-hydroxylation sites is 1. The molecular weight excluding hydrogens is 721 g/mol. The summed E-state index contributed by atoms with van der Waals surface area (Å²) in [6, 6.07) is 47.7. The summed E-state index contributed by atoms with van der Waals surface area (Å²) in [5, 5.41) is 14.3. The number of fused-ring (bicyclic) bond motifs is 1. The van der Waals surface area contributed by atoms with Crippen LogP contribution in [0.15, 0.2) is 151 Å². The molecule has 1 aromatic heterocycles. The number of hydrogen-bond acceptors (Lipinski definition) is 9. The molecule has 5 atom stereocenters. The average Bonchev–Trinajstić information content (AvgIpc) is 3.63. The van der Waals surface area contributed by atoms with Crippen LogP contribution in [0.5, 0.6) is 0 Å². The van der Waals surface area contributed by atoms with Crippen LogP contribution in [0.4, 0.5) is 0 Å². The van der Waals surface area contributed by atoms with Crippen molar-refractivity contribution in [2.45, 2.75) is 70.3 Å². The van der Waals surface area contributed by atoms with Gasteiger partial charge in [0.1, 0.15) is 30.5 Å². The topological polar surface area (TPSA) is 121 Å². The van der Waals surface area contributed by atoms with E-state index in [4.69, 9.17) is 28.4 Å². The van der Waals surface area contributed by atoms with Crippen LogP contribution in [0.1, 0.15) is 46.5 Å². The smallest absolute Gasteiger partial charge is 0.356 e. The SMILES string of the molecule is CCOC(=O)C(Cc1c([C@H]2O[C@H](COCc3ccccc3)[C@@H](OCc3ccccc3)[C@H](OCc3ccccc3)[C@@H]2OCc2ccccc2)[nH]c2ccccc12)=NO. The predicted molar refractivity (Wildman–Crippen MR) is 217 cm³/mol. The summed E-state index contributed by atoms with van der Waals surface area (Å²) in [7, 11) is 0. The van der Waals surface area contributed by atoms with Gasteiger partial charge in [0.25, 0.3) is 0 Å². The van der Waals surface area contributed by atoms with Crippen LogP contribution in [0.2, 0.25) is 0 Å². The third kappa shape index (κ3) is 10.2. The number of benzene rings is 5. The molecule has 5 aromatic carbocycles. The fraction of sp³-hybridized carbons (Fsp3) is 0.277. The van der Waals surface area contributed by atoms with Crippen molar-refractivity contribution in [2.75, 3.05) is 13.2 Å². The van der Waals surface area contributed by atoms with E-state index in [0.29, 0.717) is 24.5 Å². The van der Waals surface area contributed by atoms with Crippen LogP contribution in [-0.4, -0.2) is 59.5 Å². The number of nitrogens with one attached hydrogen (secondary N) is 1. The monoisotopic (exact) mass is 768 g/mol. The highest BCUT2D eigenvalue weighted by Crippen LogP contribution is 2.41. The average molecular weight is 769 g/mol. The lowest BCUT2D eigenvalue weighted by atomic mass is 9.90. The molecule has 0 saturated carbocycles. The normalized spacial score (nSPS) is 19.7. The number of nitrogens with zero attached hydrogens (tertiary/aromatic N) is 1. The van der Waals surface area contributed by atoms with Gasteiger partial charge in [-0.05, 0) is 40.8 Å². The van der Waals surface area contributed by atoms with Gasteiger partial charge in [-0.1, -0.05) is 145 Å². The van der Waals surface area contributed by atoms with E-state index in [1.165, 1.54) is 0 Å². The molecule has 0 spiro atoms. The number of aromatic amines is 1. The Morgan fingerprint density at radius 1 is 0.649 bits per heavy atom. The molecule has 6 aromatic rings. The summed E-state index contributed by atoms with van der Waals surface area (Å²) in [5.74, 6) is -0.705. The Morgan fingerprint density at radius 2 is 1.14 bits per heavy atom. The van der Waals surface area contributed by atoms with E-state index in [1.54, 1.807) is 6.92 Å². The van der Waals surface area contributed by atoms with E-state index in [0.717, 1.165) is 33.2 Å². The molecule has 0 aliphatic carbocycles. The van der Waals surface area contributed by atoms with Gasteiger partial charge >= 0.3 is 5.97 Å². The zero-order valence-electron chi connectivity index (χ0n) is 31.9. The standard InChI is InChI=1S/C47H48N2O8/c1-2-53-47(50)40(49-51)27-38-37-25-15-16-26-39(37)48-42(38)44-46(56-31-36-23-13-6-14-24-36)45(55-30-35-21-11-5-12-22-35)43(54-29-34-19-9-4-10-20-34)41(57-44)32-52-28-33-17-7-3-8-18-33/h3-26,41,43-46,48,51H,2,27-32H2,1H3/t41-,43-,44-,45+,46-/m1/s1. The summed E-state index contributed by atoms with van der Waals surface area (Å²) >= 11 is 0. The van der Waals surface area contributed by atoms with E-state index >= 15 is 0 Å². The number of rotatable bonds is 18. The summed E-state index contributed by atoms with van der Waals surface area (Å²) in [5.41, 5.74) is 6.04. The molecule has 10 nitrogen and oxygen atoms in total. The number of ether oxygens (including phenoxy) is 6. The van der Waals surface area contributed by atoms with Crippen LogP contribution in [0.25, 0.3) is 10.9 Å². The Bertz CT molecular complexity index is 2160. The highest BCUT2D eigenvalue weighted by molar-refractivity contribution is 6.37. The molecule has 57 heavy (non-hydrogen) atoms. The quantitative estimate of drug-likeness (QED) is 0.0387. The van der Waals surface area contributed by atoms with Gasteiger partial charge in [0.05, 0.1) is 45.3 Å². The van der Waals surface area contributed by atoms with Crippen molar-refractivity contribution in [3.8, 4) is 0 Å². The van der Waals surface area contributed by atoms with Crippen molar-refractivity contribution in [2.24, 2.45) is 5.16 Å². The molecule has 294 valence electrons. The number of carbonyl (C=O) groups excluding carboxylic acids is 1. The number of H-pyrrole nitrogens is 1. The summed E-state index contributed by atoms with van der Waals surface area (Å²) in [4.78, 5) is 16.6. The lowest BCUT2D eigenvalue weighted by Crippen LogP contribution is -2.58. The van der Waals surface area contributed by atoms with Gasteiger partial charge in [0.15, 0.2) is 5.71 Å². The molecule has 0 radical (unpaired) electrons. The number of oxime groups is 1. The fourth-order valence-corrected chi connectivity index (χ4v) is 7.21. The van der Waals surface area contributed by atoms with Crippen LogP contribution >= 0.6 is 0 Å². The third-order valence-electron chi connectivity index (χ3n) is 9.99. The molecule has 0 bridgehead atoms. The minimum Gasteiger partial charge on any atom is -0.461 e. The van der Waals surface area contributed by atoms with Crippen LogP contribution in [-0.2, 0) is 66.1 Å². The first-order valence-corrected chi connectivity index (χ1v) is 19.3. The molecule has 1 aliphatic heterocycles. The Morgan fingerprint density at radius 3 is 1.68 bits per heavy atom. The number of aromatic nitrogens is 1. The highest BCUT2D eigenvalue weighted by Gasteiger charge is 2.50. The van der Waals surface area contributed by atoms with Crippen molar-refractivity contribution >= 4 is 22.6 Å². The lowest BCUT2D eigenvalue weighted by molar-refractivity contribution is -0.275. The molecule has 1 aliphatic rings. The largest absolute Gasteiger partial charge is 0.461 e. The highest BCUT2D eigenvalue weighted by atomic mass is 16.6. The first-order chi connectivity index (χ1) is 28.1. The Balaban J connectivity index is 1.33. The van der Waals surface area contributed by atoms with Crippen LogP contribution < -0.4 is 0 Å². The van der Waals surface area contributed by atoms with E-state index in [9.17, 15) is 10.0 Å². The van der Waals surface area contributed by atoms with Crippen molar-refractivity contribution in [3.63, 3.8) is 0 Å². The van der Waals surface area contributed by atoms with Crippen molar-refractivity contribution in [3.05, 3.63) is 179 Å². The minimum atomic E-state index is -0.777. The van der Waals surface area contributed by atoms with Crippen LogP contribution in [0.3, 0.4) is 0 Å². The van der Waals surface area contributed by atoms with Gasteiger partial charge in [-0.2, -0.15) is 0 Å². The maximum Gasteiger partial charge on any atom is 0.356 e. The molecule has 2 heterocycles. The van der Waals surface area contributed by atoms with E-state index in [1.807, 2.05) is 146 Å². The molecule has 2 N–H and O–H groups in total. The minimum absolute atomic E-state index is 0.0292. The molecule has 7 rings (SSSR count). The molecule has 1 saturated heterocycles. The summed E-state index contributed by atoms with van der Waals surface area (Å²) in [6.45, 7) is 3.25. The fourth-order valence-electron chi connectivity index (χ4n) is 7.21. The van der Waals surface area contributed by atoms with Gasteiger partial charge in [0, 0.05) is 17.3 Å². The lowest BCUT2D eigenvalue weighted by Gasteiger charge is -2.46. The second-order valence-corrected chi connectivity index (χ2v) is 13.9. The van der Waals surface area contributed by atoms with Crippen molar-refractivity contribution in [1.29, 1.82) is 0 Å². The molecule has 0 amide bonds. The third-order valence-corrected chi connectivity index (χ3v) is 9.99. The van der Waals surface area contributed by atoms with Gasteiger partial charge in [-0.25, -0.2) is 4.79 Å². The predicted octanol–water partition coefficient (Wildman–Crippen LogP) is 8.52. The second kappa shape index (κ2) is 20.0. The number of esters is 1. The first kappa shape index (κ1) is 39.6. The summed E-state index contributed by atoms with van der Waals surface area (Å²) < 4.78 is 39.6. The zero-order chi connectivity index (χ0) is 39.2. The van der Waals surface area contributed by atoms with Gasteiger partial charge in [0.2, 0.25) is 0 Å². The van der Waals surface area contributed by atoms with Gasteiger partial charge in [-0.15, -0.1) is 0 Å². The maximum absolute atomic E-state index is 13.0. The van der Waals surface area contributed by atoms with Crippen molar-refractivity contribution < 1.29 is 38.4 Å². The molecule has 10 heteroatoms. The van der Waals surface area contributed by atoms with E-state index in [2.05, 4.69) is 10.1 Å². The summed E-state index contributed by atoms with van der Waals surface area (Å²) in [6.07, 6.45) is -3.47. The second-order valence-electron chi connectivity index (χ2n) is 13.9. The maximum atomic E-state index is 13.0. The first-order valence-electron chi connectivity index (χ1n) is 19.3. The van der Waals surface area contributed by atoms with E-state index < -0.39 is 36.5 Å². The van der Waals surface area contributed by atoms with Crippen molar-refractivity contribution in [1.82, 2.24) is 4.98 Å². The molecule has 0 unspecified atom stereocenters. The Labute approximate surface area is 333 Å². The number of carbonyl (C=O) groups is 1. The van der Waals surface area contributed by atoms with Gasteiger partial charge in [-0.3, -0.25) is 0 Å². The Hall–Kier alpha value is -5.62. The molecule has 1 fully saturated rings. The number of hydrogen-bond donors (Lipinski definition) is 2. The van der Waals surface area contributed by atoms with Gasteiger partial charge < -0.3 is 38.6 Å².